The monoisotopic (exact) mass is 139 g/mol. The van der Waals surface area contributed by atoms with Crippen molar-refractivity contribution in [3.63, 3.8) is 0 Å². The Morgan fingerprint density at radius 3 is 2.12 bits per heavy atom. The Balaban J connectivity index is 0.000000490. The average Bonchev–Trinajstić information content (AvgIpc) is 1.58. The van der Waals surface area contributed by atoms with Crippen LogP contribution in [0.3, 0.4) is 0 Å². The largest absolute Gasteiger partial charge is 0.328 e. The molecular weight excluding hydrogens is 129 g/mol. The predicted octanol–water partition coefficient (Wildman–Crippen LogP) is 1.11. The molecule has 0 heterocycles. The first-order chi connectivity index (χ1) is 3.33. The van der Waals surface area contributed by atoms with E-state index in [1.54, 1.807) is 0 Å². The second kappa shape index (κ2) is 3.25. The van der Waals surface area contributed by atoms with Crippen molar-refractivity contribution in [2.75, 3.05) is 6.67 Å². The summed E-state index contributed by atoms with van der Waals surface area (Å²) in [5, 5.41) is 0. The highest BCUT2D eigenvalue weighted by Gasteiger charge is 2.24. The summed E-state index contributed by atoms with van der Waals surface area (Å²) in [6.07, 6.45) is 1.80. The smallest absolute Gasteiger partial charge is 0.0923 e. The molecule has 8 heavy (non-hydrogen) atoms. The van der Waals surface area contributed by atoms with Gasteiger partial charge in [-0.25, -0.2) is 0 Å². The number of halogens is 2. The van der Waals surface area contributed by atoms with E-state index in [2.05, 4.69) is 0 Å². The first-order valence-corrected chi connectivity index (χ1v) is 2.64. The average molecular weight is 140 g/mol. The van der Waals surface area contributed by atoms with Crippen molar-refractivity contribution in [3.05, 3.63) is 0 Å². The standard InChI is InChI=1S/C5H10FN.ClH/c6-3-4-1-5(7)2-4;/h4-5H,1-3,7H2;1H. The van der Waals surface area contributed by atoms with Crippen LogP contribution in [0.4, 0.5) is 4.39 Å². The number of hydrogen-bond donors (Lipinski definition) is 1. The molecule has 0 amide bonds. The van der Waals surface area contributed by atoms with E-state index >= 15 is 0 Å². The lowest BCUT2D eigenvalue weighted by Crippen LogP contribution is -2.37. The van der Waals surface area contributed by atoms with Crippen molar-refractivity contribution in [1.82, 2.24) is 0 Å². The second-order valence-corrected chi connectivity index (χ2v) is 2.25. The van der Waals surface area contributed by atoms with Crippen LogP contribution in [0.15, 0.2) is 0 Å². The maximum Gasteiger partial charge on any atom is 0.0923 e. The van der Waals surface area contributed by atoms with Crippen LogP contribution in [0.1, 0.15) is 12.8 Å². The molecule has 1 aliphatic carbocycles. The zero-order valence-corrected chi connectivity index (χ0v) is 5.46. The van der Waals surface area contributed by atoms with E-state index in [1.165, 1.54) is 0 Å². The lowest BCUT2D eigenvalue weighted by molar-refractivity contribution is 0.210. The molecule has 1 saturated carbocycles. The summed E-state index contributed by atoms with van der Waals surface area (Å²) in [7, 11) is 0. The van der Waals surface area contributed by atoms with Crippen LogP contribution in [-0.4, -0.2) is 12.7 Å². The Morgan fingerprint density at radius 2 is 2.00 bits per heavy atom. The minimum atomic E-state index is -0.173. The number of rotatable bonds is 1. The Labute approximate surface area is 54.9 Å². The van der Waals surface area contributed by atoms with Gasteiger partial charge in [-0.3, -0.25) is 4.39 Å². The first-order valence-electron chi connectivity index (χ1n) is 2.64. The third-order valence-electron chi connectivity index (χ3n) is 1.49. The molecule has 0 aromatic heterocycles. The summed E-state index contributed by atoms with van der Waals surface area (Å²) in [5.74, 6) is 0.301. The molecule has 1 fully saturated rings. The van der Waals surface area contributed by atoms with Gasteiger partial charge in [-0.15, -0.1) is 12.4 Å². The molecule has 0 atom stereocenters. The summed E-state index contributed by atoms with van der Waals surface area (Å²) in [6, 6.07) is 0.306. The van der Waals surface area contributed by atoms with Crippen LogP contribution in [0.25, 0.3) is 0 Å². The number of nitrogens with two attached hydrogens (primary N) is 1. The fraction of sp³-hybridized carbons (Fsp3) is 1.00. The summed E-state index contributed by atoms with van der Waals surface area (Å²) in [4.78, 5) is 0. The Morgan fingerprint density at radius 1 is 1.50 bits per heavy atom. The fourth-order valence-electron chi connectivity index (χ4n) is 0.913. The summed E-state index contributed by atoms with van der Waals surface area (Å²) < 4.78 is 11.6. The van der Waals surface area contributed by atoms with Gasteiger partial charge < -0.3 is 5.73 Å². The van der Waals surface area contributed by atoms with Crippen molar-refractivity contribution in [1.29, 1.82) is 0 Å². The normalized spacial score (nSPS) is 35.2. The molecule has 1 aliphatic rings. The van der Waals surface area contributed by atoms with Crippen molar-refractivity contribution in [2.24, 2.45) is 11.7 Å². The highest BCUT2D eigenvalue weighted by molar-refractivity contribution is 5.85. The van der Waals surface area contributed by atoms with E-state index in [4.69, 9.17) is 5.73 Å². The number of alkyl halides is 1. The zero-order chi connectivity index (χ0) is 5.28. The van der Waals surface area contributed by atoms with Gasteiger partial charge in [-0.1, -0.05) is 0 Å². The molecule has 3 heteroatoms. The van der Waals surface area contributed by atoms with E-state index < -0.39 is 0 Å². The highest BCUT2D eigenvalue weighted by Crippen LogP contribution is 2.25. The van der Waals surface area contributed by atoms with Crippen LogP contribution < -0.4 is 5.73 Å². The molecular formula is C5H11ClFN. The molecule has 1 rings (SSSR count). The highest BCUT2D eigenvalue weighted by atomic mass is 35.5. The van der Waals surface area contributed by atoms with Gasteiger partial charge in [0.25, 0.3) is 0 Å². The third-order valence-corrected chi connectivity index (χ3v) is 1.49. The van der Waals surface area contributed by atoms with Crippen molar-refractivity contribution in [3.8, 4) is 0 Å². The molecule has 0 radical (unpaired) electrons. The van der Waals surface area contributed by atoms with Gasteiger partial charge in [-0.05, 0) is 18.8 Å². The minimum Gasteiger partial charge on any atom is -0.328 e. The van der Waals surface area contributed by atoms with Gasteiger partial charge in [0.15, 0.2) is 0 Å². The maximum absolute atomic E-state index is 11.6. The molecule has 0 spiro atoms. The topological polar surface area (TPSA) is 26.0 Å². The van der Waals surface area contributed by atoms with E-state index in [-0.39, 0.29) is 19.1 Å². The SMILES string of the molecule is Cl.NC1CC(CF)C1. The fourth-order valence-corrected chi connectivity index (χ4v) is 0.913. The quantitative estimate of drug-likeness (QED) is 0.579. The minimum absolute atomic E-state index is 0. The zero-order valence-electron chi connectivity index (χ0n) is 4.64. The summed E-state index contributed by atoms with van der Waals surface area (Å²) in [5.41, 5.74) is 5.38. The molecule has 0 aromatic rings. The summed E-state index contributed by atoms with van der Waals surface area (Å²) >= 11 is 0. The third kappa shape index (κ3) is 1.60. The van der Waals surface area contributed by atoms with Crippen LogP contribution in [0, 0.1) is 5.92 Å². The van der Waals surface area contributed by atoms with E-state index in [1.807, 2.05) is 0 Å². The van der Waals surface area contributed by atoms with Crippen LogP contribution in [0.5, 0.6) is 0 Å². The molecule has 0 saturated heterocycles. The van der Waals surface area contributed by atoms with Gasteiger partial charge in [0.2, 0.25) is 0 Å². The molecule has 0 bridgehead atoms. The second-order valence-electron chi connectivity index (χ2n) is 2.25. The van der Waals surface area contributed by atoms with E-state index in [0.29, 0.717) is 12.0 Å². The lowest BCUT2D eigenvalue weighted by Gasteiger charge is -2.29. The Bertz CT molecular complexity index is 63.4. The molecule has 1 nitrogen and oxygen atoms in total. The van der Waals surface area contributed by atoms with Gasteiger partial charge in [-0.2, -0.15) is 0 Å². The van der Waals surface area contributed by atoms with Crippen LogP contribution in [0.2, 0.25) is 0 Å². The van der Waals surface area contributed by atoms with Crippen LogP contribution >= 0.6 is 12.4 Å². The maximum atomic E-state index is 11.6. The Hall–Kier alpha value is 0.180. The van der Waals surface area contributed by atoms with Crippen LogP contribution in [-0.2, 0) is 0 Å². The number of hydrogen-bond acceptors (Lipinski definition) is 1. The lowest BCUT2D eigenvalue weighted by atomic mass is 9.82. The van der Waals surface area contributed by atoms with Crippen molar-refractivity contribution >= 4 is 12.4 Å². The van der Waals surface area contributed by atoms with Gasteiger partial charge >= 0.3 is 0 Å². The van der Waals surface area contributed by atoms with Gasteiger partial charge in [0.1, 0.15) is 0 Å². The van der Waals surface area contributed by atoms with Gasteiger partial charge in [0.05, 0.1) is 6.67 Å². The molecule has 50 valence electrons. The van der Waals surface area contributed by atoms with E-state index in [0.717, 1.165) is 12.8 Å². The van der Waals surface area contributed by atoms with Crippen molar-refractivity contribution in [2.45, 2.75) is 18.9 Å². The van der Waals surface area contributed by atoms with E-state index in [9.17, 15) is 4.39 Å². The van der Waals surface area contributed by atoms with Crippen molar-refractivity contribution < 1.29 is 4.39 Å². The first kappa shape index (κ1) is 8.18. The van der Waals surface area contributed by atoms with Gasteiger partial charge in [0, 0.05) is 6.04 Å². The molecule has 0 unspecified atom stereocenters. The molecule has 0 aliphatic heterocycles. The summed E-state index contributed by atoms with van der Waals surface area (Å²) in [6.45, 7) is -0.173. The predicted molar refractivity (Wildman–Crippen MR) is 33.9 cm³/mol. The molecule has 0 aromatic carbocycles. The Kier molecular flexibility index (Phi) is 3.33. The molecule has 2 N–H and O–H groups in total.